The average molecular weight is 332 g/mol. The number of hydrogen-bond acceptors (Lipinski definition) is 4. The van der Waals surface area contributed by atoms with Crippen molar-refractivity contribution in [3.05, 3.63) is 28.2 Å². The third-order valence-corrected chi connectivity index (χ3v) is 5.39. The summed E-state index contributed by atoms with van der Waals surface area (Å²) in [6.07, 6.45) is 4.44. The molecule has 24 heavy (non-hydrogen) atoms. The Morgan fingerprint density at radius 3 is 2.62 bits per heavy atom. The Bertz CT molecular complexity index is 634. The van der Waals surface area contributed by atoms with Gasteiger partial charge in [0.1, 0.15) is 0 Å². The fourth-order valence-corrected chi connectivity index (χ4v) is 4.02. The van der Waals surface area contributed by atoms with Gasteiger partial charge in [0.2, 0.25) is 5.91 Å². The largest absolute Gasteiger partial charge is 0.339 e. The van der Waals surface area contributed by atoms with Crippen molar-refractivity contribution in [1.82, 2.24) is 19.6 Å². The van der Waals surface area contributed by atoms with E-state index in [1.165, 1.54) is 0 Å². The fourth-order valence-electron chi connectivity index (χ4n) is 4.02. The van der Waals surface area contributed by atoms with Crippen molar-refractivity contribution in [2.24, 2.45) is 5.92 Å². The molecule has 1 amide bonds. The summed E-state index contributed by atoms with van der Waals surface area (Å²) in [7, 11) is 0. The van der Waals surface area contributed by atoms with Crippen LogP contribution in [0.3, 0.4) is 0 Å². The molecule has 6 nitrogen and oxygen atoms in total. The number of carbonyl (C=O) groups is 1. The molecule has 0 bridgehead atoms. The number of nitrogens with zero attached hydrogens (tertiary/aromatic N) is 4. The van der Waals surface area contributed by atoms with E-state index >= 15 is 0 Å². The maximum Gasteiger partial charge on any atom is 0.266 e. The van der Waals surface area contributed by atoms with E-state index < -0.39 is 0 Å². The number of carbonyl (C=O) groups excluding carboxylic acids is 1. The van der Waals surface area contributed by atoms with Crippen LogP contribution in [0.4, 0.5) is 0 Å². The summed E-state index contributed by atoms with van der Waals surface area (Å²) in [6, 6.07) is 3.76. The van der Waals surface area contributed by atoms with Gasteiger partial charge in [0.15, 0.2) is 0 Å². The van der Waals surface area contributed by atoms with Gasteiger partial charge in [0.05, 0.1) is 5.69 Å². The van der Waals surface area contributed by atoms with Crippen molar-refractivity contribution in [2.45, 2.75) is 52.1 Å². The van der Waals surface area contributed by atoms with Crippen LogP contribution in [0.5, 0.6) is 0 Å². The van der Waals surface area contributed by atoms with Crippen LogP contribution < -0.4 is 5.56 Å². The molecule has 0 N–H and O–H groups in total. The summed E-state index contributed by atoms with van der Waals surface area (Å²) in [5.74, 6) is 0.720. The molecule has 1 aromatic rings. The third kappa shape index (κ3) is 4.04. The molecule has 0 saturated carbocycles. The zero-order valence-corrected chi connectivity index (χ0v) is 14.8. The number of piperidine rings is 1. The molecule has 2 saturated heterocycles. The molecule has 0 aliphatic carbocycles. The van der Waals surface area contributed by atoms with E-state index in [1.807, 2.05) is 11.8 Å². The van der Waals surface area contributed by atoms with Gasteiger partial charge in [-0.1, -0.05) is 0 Å². The number of likely N-dealkylation sites (tertiary alicyclic amines) is 2. The summed E-state index contributed by atoms with van der Waals surface area (Å²) in [6.45, 7) is 8.32. The summed E-state index contributed by atoms with van der Waals surface area (Å²) in [4.78, 5) is 28.1. The van der Waals surface area contributed by atoms with Gasteiger partial charge in [0, 0.05) is 38.7 Å². The molecule has 2 aliphatic rings. The van der Waals surface area contributed by atoms with Crippen LogP contribution >= 0.6 is 0 Å². The first-order valence-corrected chi connectivity index (χ1v) is 9.07. The summed E-state index contributed by atoms with van der Waals surface area (Å²) in [5.41, 5.74) is 0.878. The second-order valence-electron chi connectivity index (χ2n) is 7.25. The first-order chi connectivity index (χ1) is 11.5. The standard InChI is InChI=1S/C18H28N4O2/c1-14-5-6-18(24)22(19-14)12-16-7-10-20(11-8-16)13-17-4-3-9-21(17)15(2)23/h5-6,16-17H,3-4,7-13H2,1-2H3. The number of rotatable bonds is 4. The lowest BCUT2D eigenvalue weighted by Gasteiger charge is -2.35. The van der Waals surface area contributed by atoms with Gasteiger partial charge in [-0.3, -0.25) is 9.59 Å². The van der Waals surface area contributed by atoms with Crippen LogP contribution in [0.2, 0.25) is 0 Å². The van der Waals surface area contributed by atoms with E-state index in [9.17, 15) is 9.59 Å². The lowest BCUT2D eigenvalue weighted by atomic mass is 9.96. The maximum atomic E-state index is 11.9. The molecular weight excluding hydrogens is 304 g/mol. The van der Waals surface area contributed by atoms with Crippen molar-refractivity contribution in [2.75, 3.05) is 26.2 Å². The highest BCUT2D eigenvalue weighted by Gasteiger charge is 2.29. The van der Waals surface area contributed by atoms with Crippen molar-refractivity contribution in [1.29, 1.82) is 0 Å². The van der Waals surface area contributed by atoms with Crippen LogP contribution in [0, 0.1) is 12.8 Å². The lowest BCUT2D eigenvalue weighted by molar-refractivity contribution is -0.130. The zero-order valence-electron chi connectivity index (χ0n) is 14.8. The Kier molecular flexibility index (Phi) is 5.33. The van der Waals surface area contributed by atoms with Crippen molar-refractivity contribution in [3.63, 3.8) is 0 Å². The Morgan fingerprint density at radius 2 is 1.92 bits per heavy atom. The molecule has 3 rings (SSSR count). The summed E-state index contributed by atoms with van der Waals surface area (Å²) in [5, 5.41) is 4.34. The first kappa shape index (κ1) is 17.1. The number of aromatic nitrogens is 2. The fraction of sp³-hybridized carbons (Fsp3) is 0.722. The minimum Gasteiger partial charge on any atom is -0.339 e. The van der Waals surface area contributed by atoms with Crippen molar-refractivity contribution in [3.8, 4) is 0 Å². The van der Waals surface area contributed by atoms with Gasteiger partial charge in [-0.2, -0.15) is 5.10 Å². The second kappa shape index (κ2) is 7.47. The van der Waals surface area contributed by atoms with Gasteiger partial charge in [-0.25, -0.2) is 4.68 Å². The van der Waals surface area contributed by atoms with Crippen LogP contribution in [0.15, 0.2) is 16.9 Å². The Morgan fingerprint density at radius 1 is 1.17 bits per heavy atom. The van der Waals surface area contributed by atoms with Gasteiger partial charge in [0.25, 0.3) is 5.56 Å². The highest BCUT2D eigenvalue weighted by Crippen LogP contribution is 2.23. The van der Waals surface area contributed by atoms with E-state index in [0.717, 1.165) is 64.1 Å². The molecular formula is C18H28N4O2. The normalized spacial score (nSPS) is 22.9. The highest BCUT2D eigenvalue weighted by molar-refractivity contribution is 5.73. The van der Waals surface area contributed by atoms with E-state index in [0.29, 0.717) is 12.0 Å². The number of hydrogen-bond donors (Lipinski definition) is 0. The predicted octanol–water partition coefficient (Wildman–Crippen LogP) is 1.27. The molecule has 6 heteroatoms. The van der Waals surface area contributed by atoms with E-state index in [4.69, 9.17) is 0 Å². The molecule has 1 unspecified atom stereocenters. The molecule has 0 aromatic carbocycles. The molecule has 132 valence electrons. The van der Waals surface area contributed by atoms with Gasteiger partial charge in [-0.05, 0) is 57.7 Å². The van der Waals surface area contributed by atoms with Gasteiger partial charge < -0.3 is 9.80 Å². The topological polar surface area (TPSA) is 58.4 Å². The smallest absolute Gasteiger partial charge is 0.266 e. The Hall–Kier alpha value is -1.69. The molecule has 3 heterocycles. The maximum absolute atomic E-state index is 11.9. The minimum atomic E-state index is -0.00825. The third-order valence-electron chi connectivity index (χ3n) is 5.39. The first-order valence-electron chi connectivity index (χ1n) is 9.07. The monoisotopic (exact) mass is 332 g/mol. The zero-order chi connectivity index (χ0) is 17.1. The van der Waals surface area contributed by atoms with Gasteiger partial charge >= 0.3 is 0 Å². The molecule has 1 atom stereocenters. The summed E-state index contributed by atoms with van der Waals surface area (Å²) >= 11 is 0. The average Bonchev–Trinajstić information content (AvgIpc) is 3.01. The predicted molar refractivity (Wildman–Crippen MR) is 92.8 cm³/mol. The quantitative estimate of drug-likeness (QED) is 0.833. The van der Waals surface area contributed by atoms with E-state index in [1.54, 1.807) is 23.7 Å². The van der Waals surface area contributed by atoms with E-state index in [2.05, 4.69) is 10.00 Å². The van der Waals surface area contributed by atoms with Crippen LogP contribution in [-0.4, -0.2) is 57.7 Å². The SMILES string of the molecule is CC(=O)N1CCCC1CN1CCC(Cn2nc(C)ccc2=O)CC1. The molecule has 0 radical (unpaired) electrons. The Labute approximate surface area is 143 Å². The lowest BCUT2D eigenvalue weighted by Crippen LogP contribution is -2.45. The van der Waals surface area contributed by atoms with Crippen molar-refractivity contribution < 1.29 is 4.79 Å². The van der Waals surface area contributed by atoms with Crippen LogP contribution in [0.25, 0.3) is 0 Å². The van der Waals surface area contributed by atoms with Crippen LogP contribution in [0.1, 0.15) is 38.3 Å². The molecule has 1 aromatic heterocycles. The van der Waals surface area contributed by atoms with Gasteiger partial charge in [-0.15, -0.1) is 0 Å². The highest BCUT2D eigenvalue weighted by atomic mass is 16.2. The molecule has 2 fully saturated rings. The van der Waals surface area contributed by atoms with E-state index in [-0.39, 0.29) is 11.5 Å². The molecule has 2 aliphatic heterocycles. The van der Waals surface area contributed by atoms with Crippen LogP contribution in [-0.2, 0) is 11.3 Å². The summed E-state index contributed by atoms with van der Waals surface area (Å²) < 4.78 is 1.62. The minimum absolute atomic E-state index is 0.00825. The second-order valence-corrected chi connectivity index (χ2v) is 7.25. The number of amides is 1. The van der Waals surface area contributed by atoms with Crippen molar-refractivity contribution >= 4 is 5.91 Å². The number of aryl methyl sites for hydroxylation is 1. The Balaban J connectivity index is 1.50. The molecule has 0 spiro atoms.